The van der Waals surface area contributed by atoms with Crippen LogP contribution in [0.4, 0.5) is 0 Å². The van der Waals surface area contributed by atoms with Crippen molar-refractivity contribution in [2.24, 2.45) is 35.5 Å². The molecule has 2 heteroatoms. The predicted molar refractivity (Wildman–Crippen MR) is 68.6 cm³/mol. The van der Waals surface area contributed by atoms with Crippen molar-refractivity contribution < 1.29 is 9.53 Å². The topological polar surface area (TPSA) is 26.3 Å². The Kier molecular flexibility index (Phi) is 2.39. The summed E-state index contributed by atoms with van der Waals surface area (Å²) < 4.78 is 5.61. The largest absolute Gasteiger partial charge is 0.465 e. The van der Waals surface area contributed by atoms with E-state index in [1.165, 1.54) is 19.3 Å². The van der Waals surface area contributed by atoms with E-state index in [2.05, 4.69) is 24.3 Å². The number of fused-ring (bicyclic) bond motifs is 4. The van der Waals surface area contributed by atoms with Gasteiger partial charge in [-0.1, -0.05) is 24.3 Å². The molecule has 4 bridgehead atoms. The van der Waals surface area contributed by atoms with Crippen molar-refractivity contribution in [2.45, 2.75) is 25.7 Å². The number of carbonyl (C=O) groups is 1. The number of hydrogen-bond acceptors (Lipinski definition) is 2. The van der Waals surface area contributed by atoms with Crippen LogP contribution in [0.1, 0.15) is 25.7 Å². The molecule has 2 fully saturated rings. The van der Waals surface area contributed by atoms with Crippen LogP contribution in [0.3, 0.4) is 0 Å². The molecule has 96 valence electrons. The summed E-state index contributed by atoms with van der Waals surface area (Å²) in [6.07, 6.45) is 13.9. The van der Waals surface area contributed by atoms with Crippen LogP contribution in [-0.4, -0.2) is 12.6 Å². The van der Waals surface area contributed by atoms with Gasteiger partial charge in [0.15, 0.2) is 0 Å². The van der Waals surface area contributed by atoms with Gasteiger partial charge in [-0.15, -0.1) is 0 Å². The van der Waals surface area contributed by atoms with Crippen LogP contribution in [0.5, 0.6) is 0 Å². The molecule has 18 heavy (non-hydrogen) atoms. The highest BCUT2D eigenvalue weighted by Crippen LogP contribution is 2.45. The maximum absolute atomic E-state index is 12.1. The number of allylic oxidation sites excluding steroid dienone is 4. The molecular weight excluding hydrogens is 224 g/mol. The molecule has 0 heterocycles. The van der Waals surface area contributed by atoms with E-state index in [1.54, 1.807) is 0 Å². The molecule has 0 aromatic rings. The van der Waals surface area contributed by atoms with Gasteiger partial charge in [-0.25, -0.2) is 0 Å². The van der Waals surface area contributed by atoms with Crippen molar-refractivity contribution in [3.05, 3.63) is 24.3 Å². The third-order valence-corrected chi connectivity index (χ3v) is 5.44. The standard InChI is InChI=1S/C16H20O2/c17-16(15-8-11-2-4-13(15)6-11)18-9-14-7-10-1-3-12(14)5-10/h1-4,10-15H,5-9H2/t10-,11-,12-,13-,14+,15-/m0/s1. The Balaban J connectivity index is 1.32. The first-order valence-electron chi connectivity index (χ1n) is 7.33. The highest BCUT2D eigenvalue weighted by atomic mass is 16.5. The molecular formula is C16H20O2. The Labute approximate surface area is 108 Å². The summed E-state index contributed by atoms with van der Waals surface area (Å²) in [7, 11) is 0. The van der Waals surface area contributed by atoms with Crippen molar-refractivity contribution in [1.29, 1.82) is 0 Å². The first-order chi connectivity index (χ1) is 8.79. The average molecular weight is 244 g/mol. The van der Waals surface area contributed by atoms with E-state index in [4.69, 9.17) is 4.74 Å². The van der Waals surface area contributed by atoms with Gasteiger partial charge in [-0.05, 0) is 55.3 Å². The monoisotopic (exact) mass is 244 g/mol. The van der Waals surface area contributed by atoms with Crippen LogP contribution >= 0.6 is 0 Å². The van der Waals surface area contributed by atoms with E-state index in [1.807, 2.05) is 0 Å². The summed E-state index contributed by atoms with van der Waals surface area (Å²) in [6, 6.07) is 0. The number of esters is 1. The van der Waals surface area contributed by atoms with Gasteiger partial charge in [0.1, 0.15) is 0 Å². The van der Waals surface area contributed by atoms with E-state index in [9.17, 15) is 4.79 Å². The van der Waals surface area contributed by atoms with Crippen molar-refractivity contribution in [1.82, 2.24) is 0 Å². The van der Waals surface area contributed by atoms with Gasteiger partial charge in [0.25, 0.3) is 0 Å². The summed E-state index contributed by atoms with van der Waals surface area (Å²) in [6.45, 7) is 0.655. The summed E-state index contributed by atoms with van der Waals surface area (Å²) in [5.41, 5.74) is 0. The molecule has 0 unspecified atom stereocenters. The highest BCUT2D eigenvalue weighted by molar-refractivity contribution is 5.74. The van der Waals surface area contributed by atoms with Gasteiger partial charge in [0.2, 0.25) is 0 Å². The zero-order chi connectivity index (χ0) is 12.1. The zero-order valence-corrected chi connectivity index (χ0v) is 10.6. The van der Waals surface area contributed by atoms with Gasteiger partial charge in [0.05, 0.1) is 12.5 Å². The predicted octanol–water partition coefficient (Wildman–Crippen LogP) is 2.95. The van der Waals surface area contributed by atoms with Crippen molar-refractivity contribution >= 4 is 5.97 Å². The van der Waals surface area contributed by atoms with Crippen molar-refractivity contribution in [2.75, 3.05) is 6.61 Å². The van der Waals surface area contributed by atoms with E-state index in [0.29, 0.717) is 30.3 Å². The fraction of sp³-hybridized carbons (Fsp3) is 0.688. The van der Waals surface area contributed by atoms with Gasteiger partial charge in [-0.2, -0.15) is 0 Å². The molecule has 0 radical (unpaired) electrons. The molecule has 0 aromatic carbocycles. The summed E-state index contributed by atoms with van der Waals surface area (Å²) in [4.78, 5) is 12.1. The lowest BCUT2D eigenvalue weighted by Gasteiger charge is -2.21. The smallest absolute Gasteiger partial charge is 0.309 e. The minimum atomic E-state index is 0.0682. The second kappa shape index (κ2) is 3.97. The zero-order valence-electron chi connectivity index (χ0n) is 10.6. The fourth-order valence-electron chi connectivity index (χ4n) is 4.43. The van der Waals surface area contributed by atoms with Gasteiger partial charge >= 0.3 is 5.97 Å². The molecule has 0 aliphatic heterocycles. The Morgan fingerprint density at radius 2 is 1.67 bits per heavy atom. The van der Waals surface area contributed by atoms with E-state index in [-0.39, 0.29) is 11.9 Å². The average Bonchev–Trinajstić information content (AvgIpc) is 3.13. The molecule has 6 atom stereocenters. The molecule has 2 saturated carbocycles. The Morgan fingerprint density at radius 3 is 2.22 bits per heavy atom. The highest BCUT2D eigenvalue weighted by Gasteiger charge is 2.42. The molecule has 0 spiro atoms. The van der Waals surface area contributed by atoms with E-state index >= 15 is 0 Å². The van der Waals surface area contributed by atoms with Crippen LogP contribution in [0.15, 0.2) is 24.3 Å². The minimum Gasteiger partial charge on any atom is -0.465 e. The molecule has 4 aliphatic carbocycles. The first-order valence-corrected chi connectivity index (χ1v) is 7.33. The fourth-order valence-corrected chi connectivity index (χ4v) is 4.43. The first kappa shape index (κ1) is 10.8. The number of carbonyl (C=O) groups excluding carboxylic acids is 1. The van der Waals surface area contributed by atoms with Gasteiger partial charge in [0, 0.05) is 0 Å². The Bertz CT molecular complexity index is 423. The van der Waals surface area contributed by atoms with Crippen LogP contribution in [0.25, 0.3) is 0 Å². The second-order valence-corrected chi connectivity index (χ2v) is 6.56. The van der Waals surface area contributed by atoms with E-state index in [0.717, 1.165) is 12.3 Å². The number of ether oxygens (including phenoxy) is 1. The summed E-state index contributed by atoms with van der Waals surface area (Å²) in [5, 5.41) is 0. The second-order valence-electron chi connectivity index (χ2n) is 6.56. The van der Waals surface area contributed by atoms with Crippen molar-refractivity contribution in [3.8, 4) is 0 Å². The molecule has 2 nitrogen and oxygen atoms in total. The third-order valence-electron chi connectivity index (χ3n) is 5.44. The lowest BCUT2D eigenvalue weighted by Crippen LogP contribution is -2.25. The maximum atomic E-state index is 12.1. The van der Waals surface area contributed by atoms with Gasteiger partial charge in [-0.3, -0.25) is 4.79 Å². The summed E-state index contributed by atoms with van der Waals surface area (Å²) >= 11 is 0. The molecule has 0 amide bonds. The van der Waals surface area contributed by atoms with Crippen LogP contribution in [0.2, 0.25) is 0 Å². The third kappa shape index (κ3) is 1.65. The minimum absolute atomic E-state index is 0.0682. The maximum Gasteiger partial charge on any atom is 0.309 e. The molecule has 0 aromatic heterocycles. The summed E-state index contributed by atoms with van der Waals surface area (Å²) in [5.74, 6) is 3.40. The van der Waals surface area contributed by atoms with Crippen molar-refractivity contribution in [3.63, 3.8) is 0 Å². The lowest BCUT2D eigenvalue weighted by molar-refractivity contribution is -0.151. The van der Waals surface area contributed by atoms with Gasteiger partial charge < -0.3 is 4.74 Å². The van der Waals surface area contributed by atoms with E-state index < -0.39 is 0 Å². The Hall–Kier alpha value is -1.05. The molecule has 4 aliphatic rings. The molecule has 4 rings (SSSR count). The Morgan fingerprint density at radius 1 is 0.944 bits per heavy atom. The SMILES string of the molecule is O=C(OC[C@H]1C[C@H]2C=C[C@H]1C2)[C@H]1C[C@H]2C=C[C@H]1C2. The number of rotatable bonds is 3. The van der Waals surface area contributed by atoms with Crippen LogP contribution in [-0.2, 0) is 9.53 Å². The lowest BCUT2D eigenvalue weighted by atomic mass is 9.93. The normalized spacial score (nSPS) is 47.1. The van der Waals surface area contributed by atoms with Crippen LogP contribution < -0.4 is 0 Å². The quantitative estimate of drug-likeness (QED) is 0.563. The molecule has 0 N–H and O–H groups in total. The molecule has 0 saturated heterocycles. The number of hydrogen-bond donors (Lipinski definition) is 0. The van der Waals surface area contributed by atoms with Crippen LogP contribution in [0, 0.1) is 35.5 Å².